The van der Waals surface area contributed by atoms with Crippen molar-refractivity contribution in [2.75, 3.05) is 17.2 Å². The van der Waals surface area contributed by atoms with E-state index in [0.717, 1.165) is 18.7 Å². The van der Waals surface area contributed by atoms with Crippen LogP contribution in [0.3, 0.4) is 0 Å². The Balaban J connectivity index is 2.09. The lowest BCUT2D eigenvalue weighted by atomic mass is 10.2. The van der Waals surface area contributed by atoms with E-state index < -0.39 is 17.5 Å². The van der Waals surface area contributed by atoms with Crippen LogP contribution in [0.1, 0.15) is 17.3 Å². The van der Waals surface area contributed by atoms with Crippen molar-refractivity contribution in [1.29, 1.82) is 0 Å². The molecule has 0 saturated heterocycles. The number of amides is 1. The first-order valence-corrected chi connectivity index (χ1v) is 6.06. The summed E-state index contributed by atoms with van der Waals surface area (Å²) in [5.41, 5.74) is 0.515. The highest BCUT2D eigenvalue weighted by Gasteiger charge is 2.08. The second kappa shape index (κ2) is 6.10. The standard InChI is InChI=1S/C14H13F2N3O/c1-2-17-13-6-3-9(8-18-13)14(20)19-10-4-5-11(15)12(16)7-10/h3-8H,2H2,1H3,(H,17,18)(H,19,20). The summed E-state index contributed by atoms with van der Waals surface area (Å²) >= 11 is 0. The summed E-state index contributed by atoms with van der Waals surface area (Å²) < 4.78 is 25.8. The first-order valence-electron chi connectivity index (χ1n) is 6.06. The first kappa shape index (κ1) is 13.9. The Hall–Kier alpha value is -2.50. The number of carbonyl (C=O) groups excluding carboxylic acids is 1. The SMILES string of the molecule is CCNc1ccc(C(=O)Nc2ccc(F)c(F)c2)cn1. The van der Waals surface area contributed by atoms with Crippen LogP contribution in [0.25, 0.3) is 0 Å². The lowest BCUT2D eigenvalue weighted by Crippen LogP contribution is -2.12. The molecule has 0 radical (unpaired) electrons. The highest BCUT2D eigenvalue weighted by molar-refractivity contribution is 6.04. The van der Waals surface area contributed by atoms with Crippen molar-refractivity contribution in [3.8, 4) is 0 Å². The van der Waals surface area contributed by atoms with Crippen LogP contribution >= 0.6 is 0 Å². The quantitative estimate of drug-likeness (QED) is 0.903. The minimum atomic E-state index is -1.01. The molecule has 0 unspecified atom stereocenters. The first-order chi connectivity index (χ1) is 9.60. The number of hydrogen-bond acceptors (Lipinski definition) is 3. The van der Waals surface area contributed by atoms with Gasteiger partial charge in [0.2, 0.25) is 0 Å². The molecule has 1 aromatic heterocycles. The van der Waals surface area contributed by atoms with E-state index >= 15 is 0 Å². The molecule has 4 nitrogen and oxygen atoms in total. The number of benzene rings is 1. The van der Waals surface area contributed by atoms with Gasteiger partial charge in [-0.05, 0) is 31.2 Å². The number of hydrogen-bond donors (Lipinski definition) is 2. The predicted molar refractivity (Wildman–Crippen MR) is 72.7 cm³/mol. The van der Waals surface area contributed by atoms with Crippen molar-refractivity contribution in [3.63, 3.8) is 0 Å². The largest absolute Gasteiger partial charge is 0.370 e. The van der Waals surface area contributed by atoms with Gasteiger partial charge in [0.05, 0.1) is 5.56 Å². The molecule has 0 aliphatic rings. The van der Waals surface area contributed by atoms with Gasteiger partial charge in [0, 0.05) is 24.5 Å². The molecule has 0 bridgehead atoms. The van der Waals surface area contributed by atoms with Crippen LogP contribution in [-0.2, 0) is 0 Å². The molecule has 1 amide bonds. The number of halogens is 2. The van der Waals surface area contributed by atoms with Gasteiger partial charge in [-0.25, -0.2) is 13.8 Å². The number of carbonyl (C=O) groups is 1. The van der Waals surface area contributed by atoms with E-state index in [4.69, 9.17) is 0 Å². The average molecular weight is 277 g/mol. The summed E-state index contributed by atoms with van der Waals surface area (Å²) in [5, 5.41) is 5.47. The van der Waals surface area contributed by atoms with Crippen molar-refractivity contribution in [2.24, 2.45) is 0 Å². The molecule has 20 heavy (non-hydrogen) atoms. The Morgan fingerprint density at radius 1 is 1.20 bits per heavy atom. The van der Waals surface area contributed by atoms with Gasteiger partial charge < -0.3 is 10.6 Å². The van der Waals surface area contributed by atoms with E-state index in [0.29, 0.717) is 11.4 Å². The minimum absolute atomic E-state index is 0.185. The van der Waals surface area contributed by atoms with E-state index in [1.54, 1.807) is 12.1 Å². The van der Waals surface area contributed by atoms with Gasteiger partial charge in [0.25, 0.3) is 5.91 Å². The number of rotatable bonds is 4. The molecule has 0 aliphatic carbocycles. The summed E-state index contributed by atoms with van der Waals surface area (Å²) in [7, 11) is 0. The molecule has 0 atom stereocenters. The molecule has 0 saturated carbocycles. The maximum Gasteiger partial charge on any atom is 0.257 e. The normalized spacial score (nSPS) is 10.2. The highest BCUT2D eigenvalue weighted by Crippen LogP contribution is 2.14. The topological polar surface area (TPSA) is 54.0 Å². The summed E-state index contributed by atoms with van der Waals surface area (Å²) in [4.78, 5) is 15.9. The lowest BCUT2D eigenvalue weighted by Gasteiger charge is -2.06. The maximum absolute atomic E-state index is 13.0. The monoisotopic (exact) mass is 277 g/mol. The zero-order valence-electron chi connectivity index (χ0n) is 10.8. The fourth-order valence-corrected chi connectivity index (χ4v) is 1.59. The molecule has 2 aromatic rings. The maximum atomic E-state index is 13.0. The summed E-state index contributed by atoms with van der Waals surface area (Å²) in [6, 6.07) is 6.44. The van der Waals surface area contributed by atoms with Gasteiger partial charge in [-0.3, -0.25) is 4.79 Å². The number of aromatic nitrogens is 1. The fraction of sp³-hybridized carbons (Fsp3) is 0.143. The summed E-state index contributed by atoms with van der Waals surface area (Å²) in [6.45, 7) is 2.67. The van der Waals surface area contributed by atoms with Crippen molar-refractivity contribution in [3.05, 3.63) is 53.7 Å². The average Bonchev–Trinajstić information content (AvgIpc) is 2.44. The van der Waals surface area contributed by atoms with E-state index in [2.05, 4.69) is 15.6 Å². The van der Waals surface area contributed by atoms with E-state index in [1.165, 1.54) is 12.3 Å². The van der Waals surface area contributed by atoms with Crippen molar-refractivity contribution in [1.82, 2.24) is 4.98 Å². The predicted octanol–water partition coefficient (Wildman–Crippen LogP) is 3.04. The molecular formula is C14H13F2N3O. The van der Waals surface area contributed by atoms with Gasteiger partial charge in [-0.15, -0.1) is 0 Å². The number of nitrogens with zero attached hydrogens (tertiary/aromatic N) is 1. The summed E-state index contributed by atoms with van der Waals surface area (Å²) in [5.74, 6) is -1.74. The molecule has 1 heterocycles. The van der Waals surface area contributed by atoms with Crippen LogP contribution in [-0.4, -0.2) is 17.4 Å². The Morgan fingerprint density at radius 3 is 2.60 bits per heavy atom. The third-order valence-electron chi connectivity index (χ3n) is 2.56. The number of anilines is 2. The Bertz CT molecular complexity index is 614. The van der Waals surface area contributed by atoms with E-state index in [9.17, 15) is 13.6 Å². The van der Waals surface area contributed by atoms with E-state index in [-0.39, 0.29) is 5.69 Å². The van der Waals surface area contributed by atoms with Gasteiger partial charge in [-0.2, -0.15) is 0 Å². The van der Waals surface area contributed by atoms with Crippen molar-refractivity contribution < 1.29 is 13.6 Å². The molecule has 0 spiro atoms. The zero-order valence-corrected chi connectivity index (χ0v) is 10.8. The van der Waals surface area contributed by atoms with Crippen molar-refractivity contribution in [2.45, 2.75) is 6.92 Å². The molecule has 0 aliphatic heterocycles. The fourth-order valence-electron chi connectivity index (χ4n) is 1.59. The van der Waals surface area contributed by atoms with E-state index in [1.807, 2.05) is 6.92 Å². The van der Waals surface area contributed by atoms with Gasteiger partial charge in [0.15, 0.2) is 11.6 Å². The molecule has 104 valence electrons. The second-order valence-electron chi connectivity index (χ2n) is 4.05. The third-order valence-corrected chi connectivity index (χ3v) is 2.56. The van der Waals surface area contributed by atoms with Crippen LogP contribution in [0.5, 0.6) is 0 Å². The number of nitrogens with one attached hydrogen (secondary N) is 2. The highest BCUT2D eigenvalue weighted by atomic mass is 19.2. The van der Waals surface area contributed by atoms with Crippen LogP contribution in [0, 0.1) is 11.6 Å². The zero-order chi connectivity index (χ0) is 14.5. The Labute approximate surface area is 114 Å². The molecule has 2 rings (SSSR count). The molecular weight excluding hydrogens is 264 g/mol. The molecule has 1 aromatic carbocycles. The van der Waals surface area contributed by atoms with Crippen LogP contribution in [0.15, 0.2) is 36.5 Å². The molecule has 2 N–H and O–H groups in total. The molecule has 6 heteroatoms. The van der Waals surface area contributed by atoms with Crippen LogP contribution in [0.4, 0.5) is 20.3 Å². The van der Waals surface area contributed by atoms with Gasteiger partial charge >= 0.3 is 0 Å². The Kier molecular flexibility index (Phi) is 4.24. The summed E-state index contributed by atoms with van der Waals surface area (Å²) in [6.07, 6.45) is 1.41. The number of pyridine rings is 1. The smallest absolute Gasteiger partial charge is 0.257 e. The molecule has 0 fully saturated rings. The minimum Gasteiger partial charge on any atom is -0.370 e. The lowest BCUT2D eigenvalue weighted by molar-refractivity contribution is 0.102. The van der Waals surface area contributed by atoms with Crippen LogP contribution in [0.2, 0.25) is 0 Å². The van der Waals surface area contributed by atoms with Crippen LogP contribution < -0.4 is 10.6 Å². The second-order valence-corrected chi connectivity index (χ2v) is 4.05. The van der Waals surface area contributed by atoms with Crippen molar-refractivity contribution >= 4 is 17.4 Å². The Morgan fingerprint density at radius 2 is 2.00 bits per heavy atom. The van der Waals surface area contributed by atoms with Gasteiger partial charge in [-0.1, -0.05) is 0 Å². The third kappa shape index (κ3) is 3.28. The van der Waals surface area contributed by atoms with Gasteiger partial charge in [0.1, 0.15) is 5.82 Å².